The van der Waals surface area contributed by atoms with Gasteiger partial charge in [-0.25, -0.2) is 4.98 Å². The lowest BCUT2D eigenvalue weighted by atomic mass is 9.82. The highest BCUT2D eigenvalue weighted by Crippen LogP contribution is 2.38. The van der Waals surface area contributed by atoms with Gasteiger partial charge in [-0.3, -0.25) is 9.78 Å². The molecule has 0 unspecified atom stereocenters. The van der Waals surface area contributed by atoms with Gasteiger partial charge >= 0.3 is 0 Å². The Labute approximate surface area is 150 Å². The van der Waals surface area contributed by atoms with Crippen LogP contribution in [0.4, 0.5) is 0 Å². The number of hydrogen-bond acceptors (Lipinski definition) is 4. The quantitative estimate of drug-likeness (QED) is 0.723. The summed E-state index contributed by atoms with van der Waals surface area (Å²) in [6.45, 7) is 0.536. The molecule has 5 heteroatoms. The molecule has 0 bridgehead atoms. The molecule has 0 fully saturated rings. The second kappa shape index (κ2) is 7.15. The second-order valence-electron chi connectivity index (χ2n) is 6.25. The number of allylic oxidation sites excluding steroid dienone is 2. The monoisotopic (exact) mass is 349 g/mol. The SMILES string of the molecule is O=C(NCc1ccncc1)[C@H]1CC=CC[C@@H]1c1nc2ccccc2s1. The second-order valence-corrected chi connectivity index (χ2v) is 7.31. The summed E-state index contributed by atoms with van der Waals surface area (Å²) in [7, 11) is 0. The topological polar surface area (TPSA) is 54.9 Å². The van der Waals surface area contributed by atoms with Crippen molar-refractivity contribution in [2.24, 2.45) is 5.92 Å². The van der Waals surface area contributed by atoms with Crippen molar-refractivity contribution in [3.8, 4) is 0 Å². The van der Waals surface area contributed by atoms with Crippen molar-refractivity contribution in [1.29, 1.82) is 0 Å². The number of aromatic nitrogens is 2. The number of rotatable bonds is 4. The number of amides is 1. The summed E-state index contributed by atoms with van der Waals surface area (Å²) in [4.78, 5) is 21.6. The highest BCUT2D eigenvalue weighted by atomic mass is 32.1. The number of thiazole rings is 1. The zero-order valence-corrected chi connectivity index (χ0v) is 14.6. The van der Waals surface area contributed by atoms with E-state index in [9.17, 15) is 4.79 Å². The van der Waals surface area contributed by atoms with Crippen molar-refractivity contribution in [3.63, 3.8) is 0 Å². The summed E-state index contributed by atoms with van der Waals surface area (Å²) >= 11 is 1.71. The molecule has 4 rings (SSSR count). The first kappa shape index (κ1) is 16.0. The van der Waals surface area contributed by atoms with Gasteiger partial charge in [0, 0.05) is 24.9 Å². The molecule has 25 heavy (non-hydrogen) atoms. The number of benzene rings is 1. The lowest BCUT2D eigenvalue weighted by Crippen LogP contribution is -2.34. The van der Waals surface area contributed by atoms with Gasteiger partial charge in [-0.05, 0) is 42.7 Å². The van der Waals surface area contributed by atoms with Crippen molar-refractivity contribution < 1.29 is 4.79 Å². The normalized spacial score (nSPS) is 19.8. The number of nitrogens with zero attached hydrogens (tertiary/aromatic N) is 2. The average Bonchev–Trinajstić information content (AvgIpc) is 3.11. The van der Waals surface area contributed by atoms with Crippen molar-refractivity contribution in [2.45, 2.75) is 25.3 Å². The number of fused-ring (bicyclic) bond motifs is 1. The minimum Gasteiger partial charge on any atom is -0.352 e. The molecule has 2 aromatic heterocycles. The zero-order chi connectivity index (χ0) is 17.1. The summed E-state index contributed by atoms with van der Waals surface area (Å²) in [6.07, 6.45) is 9.41. The van der Waals surface area contributed by atoms with E-state index in [4.69, 9.17) is 4.98 Å². The molecule has 2 heterocycles. The number of hydrogen-bond donors (Lipinski definition) is 1. The molecule has 4 nitrogen and oxygen atoms in total. The van der Waals surface area contributed by atoms with Crippen LogP contribution in [0.2, 0.25) is 0 Å². The Hall–Kier alpha value is -2.53. The van der Waals surface area contributed by atoms with Crippen LogP contribution in [0.1, 0.15) is 29.3 Å². The Bertz CT molecular complexity index is 870. The smallest absolute Gasteiger partial charge is 0.224 e. The molecule has 0 radical (unpaired) electrons. The Morgan fingerprint density at radius 2 is 1.92 bits per heavy atom. The van der Waals surface area contributed by atoms with Crippen molar-refractivity contribution in [3.05, 3.63) is 71.5 Å². The van der Waals surface area contributed by atoms with E-state index in [0.717, 1.165) is 28.9 Å². The molecule has 2 atom stereocenters. The number of pyridine rings is 1. The molecule has 0 saturated carbocycles. The van der Waals surface area contributed by atoms with Crippen molar-refractivity contribution in [1.82, 2.24) is 15.3 Å². The summed E-state index contributed by atoms with van der Waals surface area (Å²) in [5.74, 6) is 0.192. The summed E-state index contributed by atoms with van der Waals surface area (Å²) in [6, 6.07) is 12.0. The molecule has 0 aliphatic heterocycles. The van der Waals surface area contributed by atoms with E-state index in [0.29, 0.717) is 6.54 Å². The maximum atomic E-state index is 12.8. The Morgan fingerprint density at radius 3 is 2.76 bits per heavy atom. The minimum atomic E-state index is -0.0626. The molecule has 1 amide bonds. The fraction of sp³-hybridized carbons (Fsp3) is 0.250. The summed E-state index contributed by atoms with van der Waals surface area (Å²) in [5, 5.41) is 4.14. The van der Waals surface area contributed by atoms with Crippen LogP contribution < -0.4 is 5.32 Å². The van der Waals surface area contributed by atoms with E-state index in [1.165, 1.54) is 4.70 Å². The number of para-hydroxylation sites is 1. The molecular formula is C20H19N3OS. The number of nitrogens with one attached hydrogen (secondary N) is 1. The van der Waals surface area contributed by atoms with Crippen LogP contribution in [0.15, 0.2) is 60.9 Å². The van der Waals surface area contributed by atoms with Gasteiger partial charge in [-0.1, -0.05) is 24.3 Å². The van der Waals surface area contributed by atoms with Gasteiger partial charge in [0.25, 0.3) is 0 Å². The van der Waals surface area contributed by atoms with Gasteiger partial charge in [-0.2, -0.15) is 0 Å². The van der Waals surface area contributed by atoms with Gasteiger partial charge in [0.2, 0.25) is 5.91 Å². The van der Waals surface area contributed by atoms with E-state index in [-0.39, 0.29) is 17.7 Å². The van der Waals surface area contributed by atoms with Crippen LogP contribution in [0.25, 0.3) is 10.2 Å². The third-order valence-electron chi connectivity index (χ3n) is 4.61. The molecule has 1 aliphatic carbocycles. The van der Waals surface area contributed by atoms with E-state index >= 15 is 0 Å². The molecular weight excluding hydrogens is 330 g/mol. The molecule has 126 valence electrons. The standard InChI is InChI=1S/C20H19N3OS/c24-19(22-13-14-9-11-21-12-10-14)15-5-1-2-6-16(15)20-23-17-7-3-4-8-18(17)25-20/h1-4,7-12,15-16H,5-6,13H2,(H,22,24)/t15-,16-/m0/s1. The van der Waals surface area contributed by atoms with Crippen LogP contribution in [0.5, 0.6) is 0 Å². The van der Waals surface area contributed by atoms with Crippen LogP contribution in [-0.2, 0) is 11.3 Å². The highest BCUT2D eigenvalue weighted by molar-refractivity contribution is 7.18. The number of carbonyl (C=O) groups is 1. The van der Waals surface area contributed by atoms with Crippen LogP contribution in [0.3, 0.4) is 0 Å². The maximum Gasteiger partial charge on any atom is 0.224 e. The average molecular weight is 349 g/mol. The van der Waals surface area contributed by atoms with Gasteiger partial charge in [0.05, 0.1) is 21.1 Å². The predicted molar refractivity (Wildman–Crippen MR) is 100 cm³/mol. The lowest BCUT2D eigenvalue weighted by molar-refractivity contribution is -0.125. The highest BCUT2D eigenvalue weighted by Gasteiger charge is 2.32. The van der Waals surface area contributed by atoms with Gasteiger partial charge in [0.1, 0.15) is 0 Å². The first-order chi connectivity index (χ1) is 12.3. The van der Waals surface area contributed by atoms with Gasteiger partial charge in [0.15, 0.2) is 0 Å². The van der Waals surface area contributed by atoms with E-state index in [2.05, 4.69) is 28.5 Å². The van der Waals surface area contributed by atoms with Gasteiger partial charge < -0.3 is 5.32 Å². The molecule has 1 aromatic carbocycles. The summed E-state index contributed by atoms with van der Waals surface area (Å²) < 4.78 is 1.18. The molecule has 0 saturated heterocycles. The number of carbonyl (C=O) groups excluding carboxylic acids is 1. The van der Waals surface area contributed by atoms with E-state index in [1.807, 2.05) is 30.3 Å². The van der Waals surface area contributed by atoms with Crippen molar-refractivity contribution in [2.75, 3.05) is 0 Å². The predicted octanol–water partition coefficient (Wildman–Crippen LogP) is 4.06. The third-order valence-corrected chi connectivity index (χ3v) is 5.78. The molecule has 0 spiro atoms. The fourth-order valence-corrected chi connectivity index (χ4v) is 4.39. The van der Waals surface area contributed by atoms with Crippen molar-refractivity contribution >= 4 is 27.5 Å². The molecule has 1 N–H and O–H groups in total. The zero-order valence-electron chi connectivity index (χ0n) is 13.8. The van der Waals surface area contributed by atoms with Crippen LogP contribution in [-0.4, -0.2) is 15.9 Å². The van der Waals surface area contributed by atoms with E-state index < -0.39 is 0 Å². The lowest BCUT2D eigenvalue weighted by Gasteiger charge is -2.26. The summed E-state index contributed by atoms with van der Waals surface area (Å²) in [5.41, 5.74) is 2.08. The third kappa shape index (κ3) is 3.46. The fourth-order valence-electron chi connectivity index (χ4n) is 3.25. The molecule has 1 aliphatic rings. The minimum absolute atomic E-state index is 0.0626. The largest absolute Gasteiger partial charge is 0.352 e. The molecule has 3 aromatic rings. The van der Waals surface area contributed by atoms with Gasteiger partial charge in [-0.15, -0.1) is 11.3 Å². The van der Waals surface area contributed by atoms with Crippen LogP contribution >= 0.6 is 11.3 Å². The first-order valence-electron chi connectivity index (χ1n) is 8.48. The van der Waals surface area contributed by atoms with Crippen LogP contribution in [0, 0.1) is 5.92 Å². The Morgan fingerprint density at radius 1 is 1.12 bits per heavy atom. The Balaban J connectivity index is 1.52. The van der Waals surface area contributed by atoms with E-state index in [1.54, 1.807) is 23.7 Å². The maximum absolute atomic E-state index is 12.8. The Kier molecular flexibility index (Phi) is 4.57. The first-order valence-corrected chi connectivity index (χ1v) is 9.30.